The normalized spacial score (nSPS) is 10.6. The molecule has 0 atom stereocenters. The minimum absolute atomic E-state index is 0.194. The molecule has 0 saturated heterocycles. The quantitative estimate of drug-likeness (QED) is 0.229. The molecule has 0 spiro atoms. The summed E-state index contributed by atoms with van der Waals surface area (Å²) in [7, 11) is -3.67. The van der Waals surface area contributed by atoms with E-state index in [1.165, 1.54) is 38.3 Å². The molecule has 20 heavy (non-hydrogen) atoms. The topological polar surface area (TPSA) is 57.2 Å². The summed E-state index contributed by atoms with van der Waals surface area (Å²) in [5.41, 5.74) is -5.65. The van der Waals surface area contributed by atoms with Crippen molar-refractivity contribution in [1.82, 2.24) is 0 Å². The molecule has 0 unspecified atom stereocenters. The van der Waals surface area contributed by atoms with Crippen LogP contribution in [0.1, 0.15) is 39.5 Å². The van der Waals surface area contributed by atoms with Crippen molar-refractivity contribution in [2.75, 3.05) is 5.34 Å². The van der Waals surface area contributed by atoms with Crippen LogP contribution in [0.15, 0.2) is 0 Å². The van der Waals surface area contributed by atoms with Crippen LogP contribution in [-0.4, -0.2) is 31.1 Å². The Hall–Kier alpha value is 0.345. The van der Waals surface area contributed by atoms with E-state index in [-0.39, 0.29) is 5.34 Å². The Morgan fingerprint density at radius 2 is 1.30 bits per heavy atom. The molecular weight excluding hydrogens is 339 g/mol. The third kappa shape index (κ3) is 23.4. The molecule has 0 N–H and O–H groups in total. The van der Waals surface area contributed by atoms with Gasteiger partial charge in [-0.15, -0.1) is 23.2 Å². The van der Waals surface area contributed by atoms with Crippen molar-refractivity contribution in [3.8, 4) is 0 Å². The monoisotopic (exact) mass is 358 g/mol. The maximum Gasteiger partial charge on any atom is 0.485 e. The summed E-state index contributed by atoms with van der Waals surface area (Å²) in [6, 6.07) is 0. The Balaban J connectivity index is -0.000000243. The Labute approximate surface area is 130 Å². The van der Waals surface area contributed by atoms with Gasteiger partial charge in [-0.1, -0.05) is 0 Å². The molecule has 0 radical (unpaired) electrons. The Morgan fingerprint density at radius 3 is 1.45 bits per heavy atom. The second-order valence-electron chi connectivity index (χ2n) is 3.57. The molecular formula is C10H20BCl2F3O3S. The minimum atomic E-state index is -6.09. The minimum Gasteiger partial charge on any atom is -0.741 e. The second-order valence-corrected chi connectivity index (χ2v) is 5.75. The summed E-state index contributed by atoms with van der Waals surface area (Å²) in [5.74, 6) is 0. The third-order valence-corrected chi connectivity index (χ3v) is 2.37. The summed E-state index contributed by atoms with van der Waals surface area (Å²) < 4.78 is 58.9. The molecule has 0 heterocycles. The molecule has 0 saturated carbocycles. The molecule has 0 aromatic rings. The van der Waals surface area contributed by atoms with Gasteiger partial charge in [0.25, 0.3) is 0 Å². The summed E-state index contributed by atoms with van der Waals surface area (Å²) in [5, 5.41) is 0.194. The van der Waals surface area contributed by atoms with Gasteiger partial charge in [-0.3, -0.25) is 0 Å². The smallest absolute Gasteiger partial charge is 0.485 e. The van der Waals surface area contributed by atoms with E-state index in [0.717, 1.165) is 0 Å². The van der Waals surface area contributed by atoms with Crippen LogP contribution in [0.4, 0.5) is 13.2 Å². The fourth-order valence-electron chi connectivity index (χ4n) is 0.841. The maximum atomic E-state index is 10.7. The second kappa shape index (κ2) is 15.7. The van der Waals surface area contributed by atoms with Gasteiger partial charge in [-0.25, -0.2) is 8.42 Å². The van der Waals surface area contributed by atoms with E-state index < -0.39 is 15.6 Å². The summed E-state index contributed by atoms with van der Waals surface area (Å²) in [4.78, 5) is 0. The first-order valence-electron chi connectivity index (χ1n) is 6.04. The van der Waals surface area contributed by atoms with Crippen molar-refractivity contribution >= 4 is 40.6 Å². The average molecular weight is 359 g/mol. The molecule has 0 aliphatic rings. The number of alkyl halides is 5. The van der Waals surface area contributed by atoms with Crippen molar-refractivity contribution in [2.45, 2.75) is 57.7 Å². The van der Waals surface area contributed by atoms with E-state index in [9.17, 15) is 13.2 Å². The van der Waals surface area contributed by atoms with Gasteiger partial charge < -0.3 is 4.55 Å². The first-order chi connectivity index (χ1) is 9.08. The van der Waals surface area contributed by atoms with Crippen molar-refractivity contribution in [3.63, 3.8) is 0 Å². The average Bonchev–Trinajstić information content (AvgIpc) is 2.28. The van der Waals surface area contributed by atoms with Gasteiger partial charge in [0, 0.05) is 0 Å². The zero-order valence-electron chi connectivity index (χ0n) is 11.5. The first kappa shape index (κ1) is 25.3. The Kier molecular flexibility index (Phi) is 19.9. The standard InChI is InChI=1S/C8H18B.CH2Cl2.CHF3O3S/c1-3-5-7-9-8-6-4-2;2-1-3;2-1(3,4)8(5,6)7/h3-8H2,1-2H3;1H2;(H,5,6,7)/q+1;;/p-1. The largest absolute Gasteiger partial charge is 0.741 e. The summed E-state index contributed by atoms with van der Waals surface area (Å²) >= 11 is 9.53. The number of rotatable bonds is 6. The van der Waals surface area contributed by atoms with E-state index >= 15 is 0 Å². The molecule has 0 aromatic heterocycles. The molecule has 0 bridgehead atoms. The van der Waals surface area contributed by atoms with Crippen LogP contribution in [0.5, 0.6) is 0 Å². The molecule has 10 heteroatoms. The zero-order chi connectivity index (χ0) is 16.7. The van der Waals surface area contributed by atoms with Crippen LogP contribution < -0.4 is 0 Å². The SMILES string of the molecule is CCCC[B+]CCCC.ClCCl.O=S(=O)([O-])C(F)(F)F. The molecule has 0 rings (SSSR count). The van der Waals surface area contributed by atoms with Crippen molar-refractivity contribution in [2.24, 2.45) is 0 Å². The van der Waals surface area contributed by atoms with E-state index in [4.69, 9.17) is 36.2 Å². The van der Waals surface area contributed by atoms with Crippen LogP contribution in [-0.2, 0) is 10.1 Å². The Bertz CT molecular complexity index is 282. The molecule has 0 aliphatic carbocycles. The third-order valence-electron chi connectivity index (χ3n) is 1.81. The van der Waals surface area contributed by atoms with Crippen LogP contribution in [0.3, 0.4) is 0 Å². The molecule has 3 nitrogen and oxygen atoms in total. The zero-order valence-corrected chi connectivity index (χ0v) is 13.9. The van der Waals surface area contributed by atoms with Gasteiger partial charge in [-0.2, -0.15) is 13.2 Å². The van der Waals surface area contributed by atoms with Crippen LogP contribution in [0, 0.1) is 0 Å². The van der Waals surface area contributed by atoms with Crippen LogP contribution >= 0.6 is 23.2 Å². The molecule has 122 valence electrons. The van der Waals surface area contributed by atoms with E-state index in [1.54, 1.807) is 0 Å². The maximum absolute atomic E-state index is 10.7. The van der Waals surface area contributed by atoms with Gasteiger partial charge in [0.2, 0.25) is 0 Å². The van der Waals surface area contributed by atoms with Gasteiger partial charge in [0.05, 0.1) is 5.34 Å². The van der Waals surface area contributed by atoms with Gasteiger partial charge in [0.15, 0.2) is 10.1 Å². The van der Waals surface area contributed by atoms with Crippen LogP contribution in [0.25, 0.3) is 0 Å². The predicted molar refractivity (Wildman–Crippen MR) is 77.5 cm³/mol. The van der Waals surface area contributed by atoms with E-state index in [2.05, 4.69) is 21.1 Å². The number of hydrogen-bond acceptors (Lipinski definition) is 3. The van der Waals surface area contributed by atoms with Gasteiger partial charge >= 0.3 is 65.0 Å². The van der Waals surface area contributed by atoms with Gasteiger partial charge in [-0.05, 0) is 0 Å². The molecule has 0 amide bonds. The number of unbranched alkanes of at least 4 members (excludes halogenated alkanes) is 2. The van der Waals surface area contributed by atoms with E-state index in [0.29, 0.717) is 0 Å². The van der Waals surface area contributed by atoms with Crippen molar-refractivity contribution in [3.05, 3.63) is 0 Å². The fourth-order valence-corrected chi connectivity index (χ4v) is 0.841. The number of halogens is 5. The van der Waals surface area contributed by atoms with Gasteiger partial charge in [0.1, 0.15) is 0 Å². The predicted octanol–water partition coefficient (Wildman–Crippen LogP) is 4.60. The fraction of sp³-hybridized carbons (Fsp3) is 1.00. The Morgan fingerprint density at radius 1 is 1.05 bits per heavy atom. The summed E-state index contributed by atoms with van der Waals surface area (Å²) in [6.07, 6.45) is 8.09. The molecule has 0 aliphatic heterocycles. The van der Waals surface area contributed by atoms with Crippen LogP contribution in [0.2, 0.25) is 12.6 Å². The molecule has 0 fully saturated rings. The van der Waals surface area contributed by atoms with Crippen molar-refractivity contribution in [1.29, 1.82) is 0 Å². The first-order valence-corrected chi connectivity index (χ1v) is 8.51. The van der Waals surface area contributed by atoms with E-state index in [1.807, 2.05) is 0 Å². The van der Waals surface area contributed by atoms with Crippen molar-refractivity contribution < 1.29 is 26.1 Å². The number of hydrogen-bond donors (Lipinski definition) is 0. The molecule has 0 aromatic carbocycles. The summed E-state index contributed by atoms with van der Waals surface area (Å²) in [6.45, 7) is 4.49.